The molecule has 1 N–H and O–H groups in total. The summed E-state index contributed by atoms with van der Waals surface area (Å²) in [6.45, 7) is 4.34. The minimum absolute atomic E-state index is 0.0250. The standard InChI is InChI=1S/C26H28N2O6S/c1-3-28(4-2)35(31,32)24-15-13-20(14-16-24)25(29)27-17-18-33-26(30)21-9-8-12-23(19-21)34-22-10-6-5-7-11-22/h5-16,19H,3-4,17-18H2,1-2H3,(H,27,29). The molecule has 0 aliphatic heterocycles. The Kier molecular flexibility index (Phi) is 8.99. The number of para-hydroxylation sites is 1. The van der Waals surface area contributed by atoms with Gasteiger partial charge in [-0.15, -0.1) is 0 Å². The summed E-state index contributed by atoms with van der Waals surface area (Å²) in [5, 5.41) is 2.65. The predicted molar refractivity (Wildman–Crippen MR) is 132 cm³/mol. The van der Waals surface area contributed by atoms with Crippen LogP contribution in [0.2, 0.25) is 0 Å². The van der Waals surface area contributed by atoms with Gasteiger partial charge in [0.15, 0.2) is 0 Å². The van der Waals surface area contributed by atoms with E-state index in [-0.39, 0.29) is 18.0 Å². The van der Waals surface area contributed by atoms with Crippen LogP contribution in [-0.2, 0) is 14.8 Å². The first-order valence-corrected chi connectivity index (χ1v) is 12.7. The highest BCUT2D eigenvalue weighted by Crippen LogP contribution is 2.22. The van der Waals surface area contributed by atoms with E-state index < -0.39 is 21.9 Å². The van der Waals surface area contributed by atoms with Gasteiger partial charge in [-0.05, 0) is 54.6 Å². The maximum Gasteiger partial charge on any atom is 0.338 e. The topological polar surface area (TPSA) is 102 Å². The maximum atomic E-state index is 12.5. The number of benzene rings is 3. The molecule has 0 atom stereocenters. The molecular weight excluding hydrogens is 468 g/mol. The summed E-state index contributed by atoms with van der Waals surface area (Å²) in [6, 6.07) is 21.6. The van der Waals surface area contributed by atoms with Crippen LogP contribution < -0.4 is 10.1 Å². The minimum atomic E-state index is -3.59. The SMILES string of the molecule is CCN(CC)S(=O)(=O)c1ccc(C(=O)NCCOC(=O)c2cccc(Oc3ccccc3)c2)cc1. The van der Waals surface area contributed by atoms with Gasteiger partial charge >= 0.3 is 5.97 Å². The molecule has 0 aliphatic rings. The van der Waals surface area contributed by atoms with Crippen molar-refractivity contribution >= 4 is 21.9 Å². The fourth-order valence-electron chi connectivity index (χ4n) is 3.30. The molecule has 35 heavy (non-hydrogen) atoms. The van der Waals surface area contributed by atoms with Gasteiger partial charge in [-0.1, -0.05) is 38.1 Å². The van der Waals surface area contributed by atoms with Crippen molar-refractivity contribution < 1.29 is 27.5 Å². The fourth-order valence-corrected chi connectivity index (χ4v) is 4.75. The van der Waals surface area contributed by atoms with Crippen molar-refractivity contribution in [3.63, 3.8) is 0 Å². The van der Waals surface area contributed by atoms with E-state index in [1.807, 2.05) is 30.3 Å². The van der Waals surface area contributed by atoms with Crippen molar-refractivity contribution in [3.8, 4) is 11.5 Å². The zero-order valence-electron chi connectivity index (χ0n) is 19.6. The second-order valence-electron chi connectivity index (χ2n) is 7.45. The van der Waals surface area contributed by atoms with E-state index in [0.717, 1.165) is 0 Å². The molecule has 3 aromatic carbocycles. The summed E-state index contributed by atoms with van der Waals surface area (Å²) in [5.74, 6) is 0.222. The summed E-state index contributed by atoms with van der Waals surface area (Å²) in [7, 11) is -3.59. The van der Waals surface area contributed by atoms with Crippen molar-refractivity contribution in [1.82, 2.24) is 9.62 Å². The van der Waals surface area contributed by atoms with Crippen LogP contribution in [0, 0.1) is 0 Å². The molecular formula is C26H28N2O6S. The van der Waals surface area contributed by atoms with Crippen LogP contribution in [0.4, 0.5) is 0 Å². The Morgan fingerprint density at radius 2 is 1.49 bits per heavy atom. The van der Waals surface area contributed by atoms with Crippen LogP contribution in [0.1, 0.15) is 34.6 Å². The Labute approximate surface area is 205 Å². The molecule has 3 aromatic rings. The Bertz CT molecular complexity index is 1240. The maximum absolute atomic E-state index is 12.5. The number of ether oxygens (including phenoxy) is 2. The normalized spacial score (nSPS) is 11.2. The van der Waals surface area contributed by atoms with Crippen LogP contribution in [-0.4, -0.2) is 50.8 Å². The van der Waals surface area contributed by atoms with E-state index in [2.05, 4.69) is 5.32 Å². The number of nitrogens with zero attached hydrogens (tertiary/aromatic N) is 1. The number of nitrogens with one attached hydrogen (secondary N) is 1. The molecule has 9 heteroatoms. The van der Waals surface area contributed by atoms with Gasteiger partial charge in [0.2, 0.25) is 10.0 Å². The molecule has 1 amide bonds. The zero-order chi connectivity index (χ0) is 25.3. The van der Waals surface area contributed by atoms with E-state index in [4.69, 9.17) is 9.47 Å². The largest absolute Gasteiger partial charge is 0.460 e. The first-order valence-electron chi connectivity index (χ1n) is 11.2. The average molecular weight is 497 g/mol. The van der Waals surface area contributed by atoms with Crippen LogP contribution in [0.15, 0.2) is 83.8 Å². The van der Waals surface area contributed by atoms with Crippen LogP contribution in [0.3, 0.4) is 0 Å². The molecule has 0 spiro atoms. The van der Waals surface area contributed by atoms with Crippen molar-refractivity contribution in [3.05, 3.63) is 90.0 Å². The monoisotopic (exact) mass is 496 g/mol. The van der Waals surface area contributed by atoms with Crippen LogP contribution in [0.25, 0.3) is 0 Å². The van der Waals surface area contributed by atoms with Gasteiger partial charge in [0.1, 0.15) is 18.1 Å². The molecule has 8 nitrogen and oxygen atoms in total. The van der Waals surface area contributed by atoms with Gasteiger partial charge in [-0.25, -0.2) is 13.2 Å². The van der Waals surface area contributed by atoms with Gasteiger partial charge in [0.25, 0.3) is 5.91 Å². The summed E-state index contributed by atoms with van der Waals surface area (Å²) in [5.41, 5.74) is 0.635. The third-order valence-corrected chi connectivity index (χ3v) is 7.19. The lowest BCUT2D eigenvalue weighted by atomic mass is 10.2. The Morgan fingerprint density at radius 1 is 0.829 bits per heavy atom. The molecule has 0 bridgehead atoms. The fraction of sp³-hybridized carbons (Fsp3) is 0.231. The zero-order valence-corrected chi connectivity index (χ0v) is 20.5. The molecule has 0 aliphatic carbocycles. The van der Waals surface area contributed by atoms with E-state index >= 15 is 0 Å². The first-order chi connectivity index (χ1) is 16.8. The number of carbonyl (C=O) groups is 2. The Hall–Kier alpha value is -3.69. The minimum Gasteiger partial charge on any atom is -0.460 e. The number of sulfonamides is 1. The molecule has 184 valence electrons. The Balaban J connectivity index is 1.49. The highest BCUT2D eigenvalue weighted by atomic mass is 32.2. The second-order valence-corrected chi connectivity index (χ2v) is 9.39. The molecule has 0 fully saturated rings. The third-order valence-electron chi connectivity index (χ3n) is 5.13. The molecule has 0 radical (unpaired) electrons. The number of rotatable bonds is 11. The molecule has 0 heterocycles. The summed E-state index contributed by atoms with van der Waals surface area (Å²) >= 11 is 0. The number of hydrogen-bond acceptors (Lipinski definition) is 6. The summed E-state index contributed by atoms with van der Waals surface area (Å²) in [6.07, 6.45) is 0. The highest BCUT2D eigenvalue weighted by Gasteiger charge is 2.21. The van der Waals surface area contributed by atoms with E-state index in [0.29, 0.717) is 35.7 Å². The smallest absolute Gasteiger partial charge is 0.338 e. The van der Waals surface area contributed by atoms with E-state index in [9.17, 15) is 18.0 Å². The van der Waals surface area contributed by atoms with Gasteiger partial charge in [-0.3, -0.25) is 4.79 Å². The quantitative estimate of drug-likeness (QED) is 0.317. The number of carbonyl (C=O) groups excluding carboxylic acids is 2. The van der Waals surface area contributed by atoms with Crippen LogP contribution in [0.5, 0.6) is 11.5 Å². The average Bonchev–Trinajstić information content (AvgIpc) is 2.87. The lowest BCUT2D eigenvalue weighted by molar-refractivity contribution is 0.0503. The third kappa shape index (κ3) is 6.91. The second kappa shape index (κ2) is 12.1. The summed E-state index contributed by atoms with van der Waals surface area (Å²) < 4.78 is 37.4. The summed E-state index contributed by atoms with van der Waals surface area (Å²) in [4.78, 5) is 24.8. The van der Waals surface area contributed by atoms with Crippen molar-refractivity contribution in [2.24, 2.45) is 0 Å². The van der Waals surface area contributed by atoms with Crippen molar-refractivity contribution in [1.29, 1.82) is 0 Å². The predicted octanol–water partition coefficient (Wildman–Crippen LogP) is 4.10. The van der Waals surface area contributed by atoms with Gasteiger partial charge in [0, 0.05) is 18.7 Å². The number of amides is 1. The van der Waals surface area contributed by atoms with Gasteiger partial charge < -0.3 is 14.8 Å². The van der Waals surface area contributed by atoms with Crippen LogP contribution >= 0.6 is 0 Å². The van der Waals surface area contributed by atoms with E-state index in [1.54, 1.807) is 38.1 Å². The molecule has 0 saturated heterocycles. The number of hydrogen-bond donors (Lipinski definition) is 1. The van der Waals surface area contributed by atoms with E-state index in [1.165, 1.54) is 28.6 Å². The molecule has 0 aromatic heterocycles. The highest BCUT2D eigenvalue weighted by molar-refractivity contribution is 7.89. The molecule has 0 saturated carbocycles. The molecule has 3 rings (SSSR count). The van der Waals surface area contributed by atoms with Crippen molar-refractivity contribution in [2.75, 3.05) is 26.2 Å². The first kappa shape index (κ1) is 25.9. The van der Waals surface area contributed by atoms with Gasteiger partial charge in [-0.2, -0.15) is 4.31 Å². The molecule has 0 unspecified atom stereocenters. The number of esters is 1. The lowest BCUT2D eigenvalue weighted by Gasteiger charge is -2.18. The Morgan fingerprint density at radius 3 is 2.14 bits per heavy atom. The lowest BCUT2D eigenvalue weighted by Crippen LogP contribution is -2.31. The van der Waals surface area contributed by atoms with Crippen molar-refractivity contribution in [2.45, 2.75) is 18.7 Å². The van der Waals surface area contributed by atoms with Gasteiger partial charge in [0.05, 0.1) is 17.0 Å².